The monoisotopic (exact) mass is 242 g/mol. The fourth-order valence-corrected chi connectivity index (χ4v) is 2.26. The maximum Gasteiger partial charge on any atom is 0.184 e. The van der Waals surface area contributed by atoms with E-state index in [0.29, 0.717) is 11.3 Å². The summed E-state index contributed by atoms with van der Waals surface area (Å²) in [6.07, 6.45) is 7.35. The SMILES string of the molecule is OC1=C(O)C(C2=CCCC=C2)Oc2ccccc21. The van der Waals surface area contributed by atoms with Crippen molar-refractivity contribution >= 4 is 5.76 Å². The maximum atomic E-state index is 10.1. The predicted molar refractivity (Wildman–Crippen MR) is 69.5 cm³/mol. The lowest BCUT2D eigenvalue weighted by molar-refractivity contribution is 0.190. The Bertz CT molecular complexity index is 567. The number of fused-ring (bicyclic) bond motifs is 1. The van der Waals surface area contributed by atoms with E-state index in [1.54, 1.807) is 18.2 Å². The Morgan fingerprint density at radius 2 is 1.94 bits per heavy atom. The summed E-state index contributed by atoms with van der Waals surface area (Å²) in [5.41, 5.74) is 1.42. The number of hydrogen-bond acceptors (Lipinski definition) is 3. The summed E-state index contributed by atoms with van der Waals surface area (Å²) < 4.78 is 5.77. The van der Waals surface area contributed by atoms with Crippen LogP contribution >= 0.6 is 0 Å². The van der Waals surface area contributed by atoms with Gasteiger partial charge in [-0.3, -0.25) is 0 Å². The quantitative estimate of drug-likeness (QED) is 0.792. The summed E-state index contributed by atoms with van der Waals surface area (Å²) in [4.78, 5) is 0. The summed E-state index contributed by atoms with van der Waals surface area (Å²) in [7, 11) is 0. The molecule has 1 aliphatic carbocycles. The topological polar surface area (TPSA) is 49.7 Å². The Labute approximate surface area is 105 Å². The molecule has 3 heteroatoms. The third-order valence-corrected chi connectivity index (χ3v) is 3.20. The Morgan fingerprint density at radius 1 is 1.11 bits per heavy atom. The summed E-state index contributed by atoms with van der Waals surface area (Å²) >= 11 is 0. The molecule has 0 amide bonds. The van der Waals surface area contributed by atoms with E-state index in [0.717, 1.165) is 18.4 Å². The summed E-state index contributed by atoms with van der Waals surface area (Å²) in [5, 5.41) is 20.1. The van der Waals surface area contributed by atoms with Crippen molar-refractivity contribution in [1.29, 1.82) is 0 Å². The van der Waals surface area contributed by atoms with Crippen LogP contribution in [0.2, 0.25) is 0 Å². The molecule has 1 atom stereocenters. The van der Waals surface area contributed by atoms with Crippen LogP contribution in [0, 0.1) is 0 Å². The highest BCUT2D eigenvalue weighted by atomic mass is 16.5. The van der Waals surface area contributed by atoms with Gasteiger partial charge in [-0.2, -0.15) is 0 Å². The number of hydrogen-bond donors (Lipinski definition) is 2. The van der Waals surface area contributed by atoms with E-state index in [1.165, 1.54) is 0 Å². The third kappa shape index (κ3) is 1.68. The van der Waals surface area contributed by atoms with Crippen LogP contribution in [0.15, 0.2) is 53.8 Å². The zero-order valence-electron chi connectivity index (χ0n) is 9.84. The molecule has 0 saturated carbocycles. The average Bonchev–Trinajstić information content (AvgIpc) is 2.44. The van der Waals surface area contributed by atoms with Gasteiger partial charge in [0.1, 0.15) is 5.75 Å². The van der Waals surface area contributed by atoms with Crippen LogP contribution in [0.3, 0.4) is 0 Å². The van der Waals surface area contributed by atoms with Gasteiger partial charge in [-0.1, -0.05) is 30.4 Å². The molecule has 1 unspecified atom stereocenters. The predicted octanol–water partition coefficient (Wildman–Crippen LogP) is 3.51. The van der Waals surface area contributed by atoms with Crippen molar-refractivity contribution in [3.05, 3.63) is 59.4 Å². The van der Waals surface area contributed by atoms with Gasteiger partial charge in [-0.15, -0.1) is 0 Å². The van der Waals surface area contributed by atoms with Crippen molar-refractivity contribution in [2.75, 3.05) is 0 Å². The summed E-state index contributed by atoms with van der Waals surface area (Å²) in [6, 6.07) is 7.16. The molecule has 0 bridgehead atoms. The Morgan fingerprint density at radius 3 is 2.72 bits per heavy atom. The van der Waals surface area contributed by atoms with Gasteiger partial charge in [-0.25, -0.2) is 0 Å². The smallest absolute Gasteiger partial charge is 0.184 e. The van der Waals surface area contributed by atoms with Crippen molar-refractivity contribution in [3.8, 4) is 5.75 Å². The minimum absolute atomic E-state index is 0.0956. The molecule has 92 valence electrons. The zero-order chi connectivity index (χ0) is 12.5. The first-order valence-electron chi connectivity index (χ1n) is 6.02. The number of allylic oxidation sites excluding steroid dienone is 2. The van der Waals surface area contributed by atoms with Gasteiger partial charge in [0.05, 0.1) is 5.56 Å². The molecule has 3 rings (SSSR count). The molecular weight excluding hydrogens is 228 g/mol. The first-order chi connectivity index (χ1) is 8.77. The van der Waals surface area contributed by atoms with Gasteiger partial charge in [0.2, 0.25) is 0 Å². The lowest BCUT2D eigenvalue weighted by Gasteiger charge is -2.27. The fraction of sp³-hybridized carbons (Fsp3) is 0.200. The van der Waals surface area contributed by atoms with Gasteiger partial charge in [0.25, 0.3) is 0 Å². The lowest BCUT2D eigenvalue weighted by atomic mass is 9.97. The van der Waals surface area contributed by atoms with Crippen molar-refractivity contribution in [3.63, 3.8) is 0 Å². The Hall–Kier alpha value is -2.16. The molecule has 1 heterocycles. The average molecular weight is 242 g/mol. The number of aliphatic hydroxyl groups excluding tert-OH is 2. The molecule has 1 aromatic carbocycles. The number of ether oxygens (including phenoxy) is 1. The molecule has 0 radical (unpaired) electrons. The van der Waals surface area contributed by atoms with Crippen LogP contribution in [0.5, 0.6) is 5.75 Å². The first kappa shape index (κ1) is 11.0. The van der Waals surface area contributed by atoms with E-state index in [-0.39, 0.29) is 11.5 Å². The second-order valence-electron chi connectivity index (χ2n) is 4.41. The van der Waals surface area contributed by atoms with E-state index in [1.807, 2.05) is 24.3 Å². The number of para-hydroxylation sites is 1. The second kappa shape index (κ2) is 4.26. The molecule has 0 spiro atoms. The van der Waals surface area contributed by atoms with Crippen LogP contribution in [-0.4, -0.2) is 16.3 Å². The second-order valence-corrected chi connectivity index (χ2v) is 4.41. The van der Waals surface area contributed by atoms with Crippen molar-refractivity contribution in [1.82, 2.24) is 0 Å². The third-order valence-electron chi connectivity index (χ3n) is 3.20. The van der Waals surface area contributed by atoms with Crippen molar-refractivity contribution in [2.45, 2.75) is 18.9 Å². The van der Waals surface area contributed by atoms with Gasteiger partial charge in [0.15, 0.2) is 17.6 Å². The number of aliphatic hydroxyl groups is 2. The normalized spacial score (nSPS) is 22.2. The van der Waals surface area contributed by atoms with Gasteiger partial charge >= 0.3 is 0 Å². The van der Waals surface area contributed by atoms with Crippen LogP contribution in [0.4, 0.5) is 0 Å². The molecule has 0 fully saturated rings. The molecule has 1 aromatic rings. The highest BCUT2D eigenvalue weighted by molar-refractivity contribution is 5.69. The standard InChI is InChI=1S/C15H14O3/c16-13-11-8-4-5-9-12(11)18-15(14(13)17)10-6-2-1-3-7-10/h2,4-9,15-17H,1,3H2. The highest BCUT2D eigenvalue weighted by Crippen LogP contribution is 2.36. The molecule has 18 heavy (non-hydrogen) atoms. The minimum Gasteiger partial charge on any atom is -0.505 e. The first-order valence-corrected chi connectivity index (χ1v) is 6.02. The minimum atomic E-state index is -0.601. The zero-order valence-corrected chi connectivity index (χ0v) is 9.84. The molecule has 2 N–H and O–H groups in total. The molecule has 0 saturated heterocycles. The maximum absolute atomic E-state index is 10.1. The lowest BCUT2D eigenvalue weighted by Crippen LogP contribution is -2.26. The molecule has 3 nitrogen and oxygen atoms in total. The number of rotatable bonds is 1. The van der Waals surface area contributed by atoms with Crippen LogP contribution in [-0.2, 0) is 0 Å². The van der Waals surface area contributed by atoms with Gasteiger partial charge in [0, 0.05) is 0 Å². The van der Waals surface area contributed by atoms with Crippen molar-refractivity contribution in [2.24, 2.45) is 0 Å². The van der Waals surface area contributed by atoms with Crippen LogP contribution in [0.1, 0.15) is 18.4 Å². The van der Waals surface area contributed by atoms with Crippen LogP contribution in [0.25, 0.3) is 5.76 Å². The molecule has 0 aromatic heterocycles. The van der Waals surface area contributed by atoms with Crippen LogP contribution < -0.4 is 4.74 Å². The Kier molecular flexibility index (Phi) is 2.59. The highest BCUT2D eigenvalue weighted by Gasteiger charge is 2.30. The van der Waals surface area contributed by atoms with Gasteiger partial charge < -0.3 is 14.9 Å². The summed E-state index contributed by atoms with van der Waals surface area (Å²) in [6.45, 7) is 0. The van der Waals surface area contributed by atoms with E-state index in [4.69, 9.17) is 4.74 Å². The Balaban J connectivity index is 2.04. The summed E-state index contributed by atoms with van der Waals surface area (Å²) in [5.74, 6) is 0.380. The van der Waals surface area contributed by atoms with E-state index < -0.39 is 6.10 Å². The van der Waals surface area contributed by atoms with E-state index in [9.17, 15) is 10.2 Å². The van der Waals surface area contributed by atoms with Gasteiger partial charge in [-0.05, 0) is 30.5 Å². The molecular formula is C15H14O3. The van der Waals surface area contributed by atoms with Crippen molar-refractivity contribution < 1.29 is 14.9 Å². The van der Waals surface area contributed by atoms with E-state index in [2.05, 4.69) is 0 Å². The molecule has 1 aliphatic heterocycles. The fourth-order valence-electron chi connectivity index (χ4n) is 2.26. The molecule has 2 aliphatic rings. The number of benzene rings is 1. The van der Waals surface area contributed by atoms with E-state index >= 15 is 0 Å². The largest absolute Gasteiger partial charge is 0.505 e.